The molecule has 4 aromatic heterocycles. The van der Waals surface area contributed by atoms with Gasteiger partial charge in [-0.2, -0.15) is 8.42 Å². The molecule has 0 spiro atoms. The van der Waals surface area contributed by atoms with Crippen molar-refractivity contribution in [2.45, 2.75) is 31.8 Å². The molecule has 0 fully saturated rings. The van der Waals surface area contributed by atoms with Gasteiger partial charge in [0.1, 0.15) is 18.5 Å². The highest BCUT2D eigenvalue weighted by Gasteiger charge is 2.28. The number of anilines is 2. The number of hydrogen-bond donors (Lipinski definition) is 2. The van der Waals surface area contributed by atoms with E-state index in [9.17, 15) is 25.3 Å². The minimum atomic E-state index is -3.65. The molecule has 13 nitrogen and oxygen atoms in total. The van der Waals surface area contributed by atoms with Crippen molar-refractivity contribution in [3.8, 4) is 0 Å². The van der Waals surface area contributed by atoms with E-state index in [2.05, 4.69) is 20.0 Å². The molecule has 2 aliphatic rings. The zero-order chi connectivity index (χ0) is 41.2. The molecule has 2 aromatic carbocycles. The smallest absolute Gasteiger partial charge is 0.273 e. The van der Waals surface area contributed by atoms with Crippen molar-refractivity contribution in [1.29, 1.82) is 0 Å². The molecule has 6 heterocycles. The molecule has 58 heavy (non-hydrogen) atoms. The Morgan fingerprint density at radius 2 is 1.17 bits per heavy atom. The number of nitrogens with zero attached hydrogens (tertiary/aromatic N) is 4. The highest BCUT2D eigenvalue weighted by atomic mass is 35.5. The lowest BCUT2D eigenvalue weighted by Gasteiger charge is -2.19. The number of para-hydroxylation sites is 2. The van der Waals surface area contributed by atoms with Crippen LogP contribution in [0.4, 0.5) is 11.4 Å². The highest BCUT2D eigenvalue weighted by Crippen LogP contribution is 2.36. The van der Waals surface area contributed by atoms with E-state index in [0.717, 1.165) is 57.0 Å². The summed E-state index contributed by atoms with van der Waals surface area (Å²) < 4.78 is 82.0. The first-order valence-electron chi connectivity index (χ1n) is 17.8. The van der Waals surface area contributed by atoms with E-state index < -0.39 is 30.2 Å². The maximum atomic E-state index is 13.0. The maximum Gasteiger partial charge on any atom is 0.273 e. The summed E-state index contributed by atoms with van der Waals surface area (Å²) in [4.78, 5) is 15.9. The van der Waals surface area contributed by atoms with E-state index in [0.29, 0.717) is 45.2 Å². The van der Waals surface area contributed by atoms with Gasteiger partial charge in [0.2, 0.25) is 0 Å². The first-order valence-corrected chi connectivity index (χ1v) is 26.5. The summed E-state index contributed by atoms with van der Waals surface area (Å²) in [7, 11) is -7.55. The lowest BCUT2D eigenvalue weighted by molar-refractivity contribution is 0.315. The van der Waals surface area contributed by atoms with Crippen LogP contribution < -0.4 is 8.61 Å². The number of aromatic amines is 2. The van der Waals surface area contributed by atoms with Gasteiger partial charge in [0.15, 0.2) is 0 Å². The summed E-state index contributed by atoms with van der Waals surface area (Å²) in [6.07, 6.45) is 2.53. The van der Waals surface area contributed by atoms with E-state index in [4.69, 9.17) is 15.8 Å². The standard InChI is InChI=1S/C19H21N3O5S4.C18H18ClN3O2S3/c1-22(31(25,26)17-7-4-10-28-17)16-6-3-5-13-11-15(21-18(13)16)19-20-12-14(29-19)8-9-27-30(2,23)24;1-22(27(23,24)16-6-3-9-25-16)15-5-2-4-12-10-14(21-17(12)15)18-20-11-13(26-18)7-8-19/h3-7,10-11,14,21H,8-9,12H2,1-2H3;2-6,9-10,13,21H,7-8,11H2,1H3. The molecule has 2 atom stereocenters. The van der Waals surface area contributed by atoms with Crippen LogP contribution in [0.1, 0.15) is 24.2 Å². The molecule has 8 rings (SSSR count). The molecule has 21 heteroatoms. The minimum Gasteiger partial charge on any atom is -0.351 e. The number of aromatic nitrogens is 2. The van der Waals surface area contributed by atoms with Gasteiger partial charge in [-0.05, 0) is 60.0 Å². The molecule has 0 aliphatic carbocycles. The number of hydrogen-bond acceptors (Lipinski definition) is 13. The van der Waals surface area contributed by atoms with Gasteiger partial charge in [0.05, 0.1) is 59.7 Å². The first-order chi connectivity index (χ1) is 27.7. The normalized spacial score (nSPS) is 17.3. The molecule has 0 saturated carbocycles. The van der Waals surface area contributed by atoms with Crippen molar-refractivity contribution in [1.82, 2.24) is 9.97 Å². The second-order valence-corrected chi connectivity index (χ2v) is 24.1. The quantitative estimate of drug-likeness (QED) is 0.0815. The number of nitrogens with one attached hydrogen (secondary N) is 2. The van der Waals surface area contributed by atoms with Crippen LogP contribution in [-0.2, 0) is 34.3 Å². The highest BCUT2D eigenvalue weighted by molar-refractivity contribution is 8.15. The van der Waals surface area contributed by atoms with Crippen LogP contribution >= 0.6 is 57.8 Å². The zero-order valence-corrected chi connectivity index (χ0v) is 37.8. The van der Waals surface area contributed by atoms with Crippen molar-refractivity contribution in [3.05, 3.63) is 94.9 Å². The van der Waals surface area contributed by atoms with Gasteiger partial charge in [0.25, 0.3) is 30.2 Å². The Morgan fingerprint density at radius 1 is 0.707 bits per heavy atom. The van der Waals surface area contributed by atoms with E-state index >= 15 is 0 Å². The number of thioether (sulfide) groups is 2. The maximum absolute atomic E-state index is 13.0. The molecule has 6 aromatic rings. The Kier molecular flexibility index (Phi) is 13.1. The number of alkyl halides is 1. The Balaban J connectivity index is 0.000000178. The predicted molar refractivity (Wildman–Crippen MR) is 243 cm³/mol. The van der Waals surface area contributed by atoms with Crippen LogP contribution in [0.25, 0.3) is 21.8 Å². The SMILES string of the molecule is CN(c1cccc2cc(C3=NCC(CCCl)S3)[nH]c12)S(=O)(=O)c1cccs1.CN(c1cccc2cc(C3=NCC(CCOS(C)(=O)=O)S3)[nH]c12)S(=O)(=O)c1cccs1. The Bertz CT molecular complexity index is 2800. The van der Waals surface area contributed by atoms with Crippen LogP contribution in [0.15, 0.2) is 102 Å². The first kappa shape index (κ1) is 42.8. The molecule has 2 unspecified atom stereocenters. The second kappa shape index (κ2) is 17.7. The molecule has 0 amide bonds. The Morgan fingerprint density at radius 3 is 1.59 bits per heavy atom. The number of aliphatic imine (C=N–C) groups is 2. The van der Waals surface area contributed by atoms with Crippen molar-refractivity contribution in [2.75, 3.05) is 54.5 Å². The van der Waals surface area contributed by atoms with Gasteiger partial charge in [-0.25, -0.2) is 16.8 Å². The van der Waals surface area contributed by atoms with Crippen LogP contribution in [-0.4, -0.2) is 102 Å². The van der Waals surface area contributed by atoms with Gasteiger partial charge in [0, 0.05) is 41.2 Å². The lowest BCUT2D eigenvalue weighted by atomic mass is 10.2. The van der Waals surface area contributed by atoms with Crippen molar-refractivity contribution < 1.29 is 29.4 Å². The van der Waals surface area contributed by atoms with Gasteiger partial charge >= 0.3 is 0 Å². The average molecular weight is 940 g/mol. The van der Waals surface area contributed by atoms with E-state index in [-0.39, 0.29) is 16.1 Å². The van der Waals surface area contributed by atoms with Crippen molar-refractivity contribution in [3.63, 3.8) is 0 Å². The van der Waals surface area contributed by atoms with E-state index in [1.165, 1.54) is 31.3 Å². The van der Waals surface area contributed by atoms with Crippen LogP contribution in [0.5, 0.6) is 0 Å². The largest absolute Gasteiger partial charge is 0.351 e. The van der Waals surface area contributed by atoms with Crippen LogP contribution in [0.3, 0.4) is 0 Å². The summed E-state index contributed by atoms with van der Waals surface area (Å²) in [5.41, 5.74) is 4.40. The number of rotatable bonds is 14. The van der Waals surface area contributed by atoms with Crippen LogP contribution in [0.2, 0.25) is 0 Å². The molecule has 0 radical (unpaired) electrons. The molecular weight excluding hydrogens is 900 g/mol. The van der Waals surface area contributed by atoms with Crippen LogP contribution in [0, 0.1) is 0 Å². The molecular formula is C37H39ClN6O7S7. The third-order valence-electron chi connectivity index (χ3n) is 9.23. The third-order valence-corrected chi connectivity index (χ3v) is 18.9. The zero-order valence-electron chi connectivity index (χ0n) is 31.4. The monoisotopic (exact) mass is 938 g/mol. The minimum absolute atomic E-state index is 0.127. The fourth-order valence-corrected chi connectivity index (χ4v) is 13.9. The predicted octanol–water partition coefficient (Wildman–Crippen LogP) is 7.83. The van der Waals surface area contributed by atoms with Gasteiger partial charge in [-0.15, -0.1) is 34.3 Å². The average Bonchev–Trinajstić information content (AvgIpc) is 4.04. The number of benzene rings is 2. The molecule has 0 saturated heterocycles. The Labute approximate surface area is 359 Å². The summed E-state index contributed by atoms with van der Waals surface area (Å²) in [6.45, 7) is 1.46. The van der Waals surface area contributed by atoms with E-state index in [1.807, 2.05) is 42.5 Å². The number of thiophene rings is 2. The number of fused-ring (bicyclic) bond motifs is 2. The van der Waals surface area contributed by atoms with Gasteiger partial charge < -0.3 is 9.97 Å². The Hall–Kier alpha value is -3.34. The fourth-order valence-electron chi connectivity index (χ4n) is 6.27. The summed E-state index contributed by atoms with van der Waals surface area (Å²) >= 11 is 11.5. The molecule has 2 N–H and O–H groups in total. The van der Waals surface area contributed by atoms with Gasteiger partial charge in [-0.1, -0.05) is 59.9 Å². The lowest BCUT2D eigenvalue weighted by Crippen LogP contribution is -2.26. The summed E-state index contributed by atoms with van der Waals surface area (Å²) in [6, 6.07) is 21.8. The van der Waals surface area contributed by atoms with E-state index in [1.54, 1.807) is 78.7 Å². The molecule has 2 aliphatic heterocycles. The number of sulfonamides is 2. The summed E-state index contributed by atoms with van der Waals surface area (Å²) in [5.74, 6) is 0.628. The molecule has 308 valence electrons. The topological polar surface area (TPSA) is 174 Å². The third kappa shape index (κ3) is 9.34. The number of H-pyrrole nitrogens is 2. The summed E-state index contributed by atoms with van der Waals surface area (Å²) in [5, 5.41) is 7.65. The second-order valence-electron chi connectivity index (χ2n) is 13.2. The fraction of sp³-hybridized carbons (Fsp3) is 0.297. The van der Waals surface area contributed by atoms with Crippen molar-refractivity contribution >= 4 is 131 Å². The number of halogens is 1. The molecule has 0 bridgehead atoms. The van der Waals surface area contributed by atoms with Crippen molar-refractivity contribution in [2.24, 2.45) is 9.98 Å². The van der Waals surface area contributed by atoms with Gasteiger partial charge in [-0.3, -0.25) is 22.8 Å².